The molecule has 0 radical (unpaired) electrons. The molecule has 5 nitrogen and oxygen atoms in total. The Morgan fingerprint density at radius 2 is 1.88 bits per heavy atom. The number of rotatable bonds is 1. The number of aromatic nitrogens is 2. The summed E-state index contributed by atoms with van der Waals surface area (Å²) >= 11 is 0. The zero-order chi connectivity index (χ0) is 12.0. The fourth-order valence-corrected chi connectivity index (χ4v) is 1.53. The molecule has 0 atom stereocenters. The molecule has 1 saturated heterocycles. The van der Waals surface area contributed by atoms with Gasteiger partial charge in [-0.1, -0.05) is 0 Å². The topological polar surface area (TPSA) is 70.9 Å². The van der Waals surface area contributed by atoms with Crippen LogP contribution in [0.3, 0.4) is 0 Å². The van der Waals surface area contributed by atoms with E-state index in [0.717, 1.165) is 0 Å². The van der Waals surface area contributed by atoms with Crippen molar-refractivity contribution >= 4 is 12.6 Å². The van der Waals surface area contributed by atoms with Crippen molar-refractivity contribution in [3.05, 3.63) is 11.9 Å². The van der Waals surface area contributed by atoms with Gasteiger partial charge in [0.2, 0.25) is 0 Å². The largest absolute Gasteiger partial charge is 0.499 e. The van der Waals surface area contributed by atoms with Crippen LogP contribution in [-0.4, -0.2) is 28.5 Å². The summed E-state index contributed by atoms with van der Waals surface area (Å²) in [6.45, 7) is 7.89. The van der Waals surface area contributed by atoms with E-state index in [-0.39, 0.29) is 0 Å². The highest BCUT2D eigenvalue weighted by molar-refractivity contribution is 6.62. The highest BCUT2D eigenvalue weighted by atomic mass is 16.7. The van der Waals surface area contributed by atoms with E-state index in [4.69, 9.17) is 14.6 Å². The summed E-state index contributed by atoms with van der Waals surface area (Å²) in [5.74, 6) is 0. The molecule has 1 fully saturated rings. The first-order chi connectivity index (χ1) is 7.37. The van der Waals surface area contributed by atoms with E-state index in [2.05, 4.69) is 10.2 Å². The van der Waals surface area contributed by atoms with Crippen molar-refractivity contribution < 1.29 is 9.31 Å². The van der Waals surface area contributed by atoms with Crippen LogP contribution in [0.4, 0.5) is 0 Å². The van der Waals surface area contributed by atoms with Crippen LogP contribution in [0, 0.1) is 11.3 Å². The maximum absolute atomic E-state index is 8.90. The van der Waals surface area contributed by atoms with Gasteiger partial charge in [0.15, 0.2) is 0 Å². The maximum Gasteiger partial charge on any atom is 0.499 e. The van der Waals surface area contributed by atoms with Crippen LogP contribution in [0.25, 0.3) is 0 Å². The van der Waals surface area contributed by atoms with Crippen LogP contribution in [0.15, 0.2) is 6.20 Å². The minimum atomic E-state index is -0.529. The minimum absolute atomic E-state index is 0.388. The second-order valence-electron chi connectivity index (χ2n) is 4.90. The zero-order valence-electron chi connectivity index (χ0n) is 9.87. The van der Waals surface area contributed by atoms with Crippen molar-refractivity contribution in [3.63, 3.8) is 0 Å². The molecular weight excluding hydrogens is 205 g/mol. The number of hydrogen-bond acceptors (Lipinski definition) is 4. The van der Waals surface area contributed by atoms with E-state index in [9.17, 15) is 0 Å². The molecule has 84 valence electrons. The van der Waals surface area contributed by atoms with Gasteiger partial charge in [-0.15, -0.1) is 0 Å². The van der Waals surface area contributed by atoms with Gasteiger partial charge in [0.05, 0.1) is 11.2 Å². The van der Waals surface area contributed by atoms with Crippen molar-refractivity contribution in [2.45, 2.75) is 38.9 Å². The summed E-state index contributed by atoms with van der Waals surface area (Å²) < 4.78 is 11.6. The first-order valence-corrected chi connectivity index (χ1v) is 5.16. The number of nitrogens with one attached hydrogen (secondary N) is 1. The summed E-state index contributed by atoms with van der Waals surface area (Å²) in [6.07, 6.45) is 1.57. The Bertz CT molecular complexity index is 431. The summed E-state index contributed by atoms with van der Waals surface area (Å²) in [6, 6.07) is 2.03. The van der Waals surface area contributed by atoms with E-state index >= 15 is 0 Å². The predicted octanol–water partition coefficient (Wildman–Crippen LogP) is 0.581. The molecule has 1 aromatic rings. The molecule has 0 aliphatic carbocycles. The quantitative estimate of drug-likeness (QED) is 0.701. The van der Waals surface area contributed by atoms with Gasteiger partial charge in [0.25, 0.3) is 0 Å². The predicted molar refractivity (Wildman–Crippen MR) is 59.0 cm³/mol. The molecule has 1 N–H and O–H groups in total. The first kappa shape index (κ1) is 11.2. The van der Waals surface area contributed by atoms with Crippen molar-refractivity contribution in [1.82, 2.24) is 10.2 Å². The Labute approximate surface area is 94.9 Å². The molecule has 0 aromatic carbocycles. The van der Waals surface area contributed by atoms with Crippen LogP contribution in [0.2, 0.25) is 0 Å². The van der Waals surface area contributed by atoms with Gasteiger partial charge in [-0.05, 0) is 27.7 Å². The Morgan fingerprint density at radius 3 is 2.38 bits per heavy atom. The third-order valence-corrected chi connectivity index (χ3v) is 3.29. The summed E-state index contributed by atoms with van der Waals surface area (Å²) in [4.78, 5) is 0. The lowest BCUT2D eigenvalue weighted by molar-refractivity contribution is 0.00578. The smallest absolute Gasteiger partial charge is 0.399 e. The van der Waals surface area contributed by atoms with Gasteiger partial charge in [0, 0.05) is 11.7 Å². The van der Waals surface area contributed by atoms with Crippen LogP contribution in [0.5, 0.6) is 0 Å². The first-order valence-electron chi connectivity index (χ1n) is 5.16. The van der Waals surface area contributed by atoms with Gasteiger partial charge < -0.3 is 9.31 Å². The second-order valence-corrected chi connectivity index (χ2v) is 4.90. The Hall–Kier alpha value is -1.32. The van der Waals surface area contributed by atoms with Gasteiger partial charge >= 0.3 is 7.12 Å². The van der Waals surface area contributed by atoms with Crippen molar-refractivity contribution in [2.24, 2.45) is 0 Å². The third-order valence-electron chi connectivity index (χ3n) is 3.29. The number of aromatic amines is 1. The molecule has 0 saturated carbocycles. The molecule has 2 rings (SSSR count). The number of nitriles is 1. The Morgan fingerprint density at radius 1 is 1.31 bits per heavy atom. The summed E-state index contributed by atoms with van der Waals surface area (Å²) in [7, 11) is -0.529. The SMILES string of the molecule is CC1(C)OB(c2cn[nH]c2C#N)OC1(C)C. The molecule has 6 heteroatoms. The second kappa shape index (κ2) is 3.34. The third kappa shape index (κ3) is 1.53. The van der Waals surface area contributed by atoms with E-state index in [0.29, 0.717) is 11.2 Å². The average Bonchev–Trinajstić information content (AvgIpc) is 2.69. The van der Waals surface area contributed by atoms with E-state index in [1.165, 1.54) is 0 Å². The average molecular weight is 219 g/mol. The molecule has 0 unspecified atom stereocenters. The van der Waals surface area contributed by atoms with Gasteiger partial charge in [-0.3, -0.25) is 5.10 Å². The van der Waals surface area contributed by atoms with Gasteiger partial charge in [0.1, 0.15) is 11.8 Å². The highest BCUT2D eigenvalue weighted by Crippen LogP contribution is 2.36. The van der Waals surface area contributed by atoms with E-state index < -0.39 is 18.3 Å². The number of hydrogen-bond donors (Lipinski definition) is 1. The monoisotopic (exact) mass is 219 g/mol. The standard InChI is InChI=1S/C10H14BN3O2/c1-9(2)10(3,4)16-11(15-9)7-6-13-14-8(7)5-12/h6H,1-4H3,(H,13,14). The molecule has 1 aromatic heterocycles. The lowest BCUT2D eigenvalue weighted by Gasteiger charge is -2.32. The number of H-pyrrole nitrogens is 1. The molecule has 16 heavy (non-hydrogen) atoms. The molecule has 1 aliphatic heterocycles. The van der Waals surface area contributed by atoms with Gasteiger partial charge in [-0.2, -0.15) is 10.4 Å². The lowest BCUT2D eigenvalue weighted by Crippen LogP contribution is -2.41. The van der Waals surface area contributed by atoms with Crippen LogP contribution in [0.1, 0.15) is 33.4 Å². The Balaban J connectivity index is 2.31. The molecular formula is C10H14BN3O2. The molecule has 0 spiro atoms. The lowest BCUT2D eigenvalue weighted by atomic mass is 9.79. The van der Waals surface area contributed by atoms with Crippen molar-refractivity contribution in [1.29, 1.82) is 5.26 Å². The maximum atomic E-state index is 8.90. The van der Waals surface area contributed by atoms with Gasteiger partial charge in [-0.25, -0.2) is 0 Å². The van der Waals surface area contributed by atoms with Crippen LogP contribution in [-0.2, 0) is 9.31 Å². The van der Waals surface area contributed by atoms with E-state index in [1.807, 2.05) is 33.8 Å². The molecule has 1 aliphatic rings. The van der Waals surface area contributed by atoms with Crippen molar-refractivity contribution in [3.8, 4) is 6.07 Å². The fourth-order valence-electron chi connectivity index (χ4n) is 1.53. The van der Waals surface area contributed by atoms with Crippen molar-refractivity contribution in [2.75, 3.05) is 0 Å². The zero-order valence-corrected chi connectivity index (χ0v) is 9.87. The van der Waals surface area contributed by atoms with E-state index in [1.54, 1.807) is 6.20 Å². The van der Waals surface area contributed by atoms with Crippen LogP contribution >= 0.6 is 0 Å². The summed E-state index contributed by atoms with van der Waals surface area (Å²) in [5.41, 5.74) is 0.239. The summed E-state index contributed by atoms with van der Waals surface area (Å²) in [5, 5.41) is 15.3. The highest BCUT2D eigenvalue weighted by Gasteiger charge is 2.52. The molecule has 0 amide bonds. The van der Waals surface area contributed by atoms with Crippen LogP contribution < -0.4 is 5.46 Å². The fraction of sp³-hybridized carbons (Fsp3) is 0.600. The normalized spacial score (nSPS) is 22.1. The molecule has 0 bridgehead atoms. The Kier molecular flexibility index (Phi) is 2.33. The molecule has 2 heterocycles. The number of nitrogens with zero attached hydrogens (tertiary/aromatic N) is 2. The minimum Gasteiger partial charge on any atom is -0.399 e.